The first-order valence-corrected chi connectivity index (χ1v) is 8.52. The van der Waals surface area contributed by atoms with E-state index in [4.69, 9.17) is 9.88 Å². The number of aryl methyl sites for hydroxylation is 1. The summed E-state index contributed by atoms with van der Waals surface area (Å²) in [7, 11) is -3.79. The molecule has 0 aliphatic rings. The maximum absolute atomic E-state index is 11.8. The minimum absolute atomic E-state index is 0.0354. The molecule has 0 aromatic heterocycles. The molecule has 0 heterocycles. The normalized spacial score (nSPS) is 11.0. The lowest BCUT2D eigenvalue weighted by Gasteiger charge is -2.08. The average Bonchev–Trinajstić information content (AvgIpc) is 2.52. The van der Waals surface area contributed by atoms with E-state index in [1.54, 1.807) is 6.92 Å². The first-order chi connectivity index (χ1) is 11.7. The van der Waals surface area contributed by atoms with Gasteiger partial charge in [0.15, 0.2) is 6.61 Å². The van der Waals surface area contributed by atoms with Crippen LogP contribution < -0.4 is 15.2 Å². The van der Waals surface area contributed by atoms with E-state index in [2.05, 4.69) is 5.32 Å². The third kappa shape index (κ3) is 4.99. The van der Waals surface area contributed by atoms with Crippen molar-refractivity contribution in [1.82, 2.24) is 0 Å². The maximum atomic E-state index is 11.8. The molecule has 10 heteroatoms. The van der Waals surface area contributed by atoms with Crippen molar-refractivity contribution in [2.45, 2.75) is 11.8 Å². The van der Waals surface area contributed by atoms with Crippen molar-refractivity contribution in [2.75, 3.05) is 11.9 Å². The Hall–Kier alpha value is -2.98. The number of nitro benzene ring substituents is 1. The summed E-state index contributed by atoms with van der Waals surface area (Å²) < 4.78 is 27.6. The van der Waals surface area contributed by atoms with Crippen molar-refractivity contribution in [2.24, 2.45) is 5.14 Å². The molecule has 25 heavy (non-hydrogen) atoms. The number of nitrogens with one attached hydrogen (secondary N) is 1. The third-order valence-corrected chi connectivity index (χ3v) is 4.13. The predicted molar refractivity (Wildman–Crippen MR) is 89.8 cm³/mol. The second-order valence-electron chi connectivity index (χ2n) is 5.11. The van der Waals surface area contributed by atoms with Gasteiger partial charge in [-0.25, -0.2) is 13.6 Å². The van der Waals surface area contributed by atoms with Crippen molar-refractivity contribution < 1.29 is 22.9 Å². The Labute approximate surface area is 143 Å². The zero-order valence-electron chi connectivity index (χ0n) is 13.1. The molecule has 0 radical (unpaired) electrons. The summed E-state index contributed by atoms with van der Waals surface area (Å²) in [6, 6.07) is 9.50. The van der Waals surface area contributed by atoms with E-state index in [0.29, 0.717) is 17.0 Å². The number of nitrogens with two attached hydrogens (primary N) is 1. The maximum Gasteiger partial charge on any atom is 0.272 e. The fourth-order valence-electron chi connectivity index (χ4n) is 2.00. The summed E-state index contributed by atoms with van der Waals surface area (Å²) >= 11 is 0. The van der Waals surface area contributed by atoms with Gasteiger partial charge >= 0.3 is 0 Å². The first kappa shape index (κ1) is 18.4. The number of primary sulfonamides is 1. The molecule has 0 saturated carbocycles. The predicted octanol–water partition coefficient (Wildman–Crippen LogP) is 1.57. The van der Waals surface area contributed by atoms with E-state index in [1.807, 2.05) is 0 Å². The third-order valence-electron chi connectivity index (χ3n) is 3.20. The van der Waals surface area contributed by atoms with Crippen molar-refractivity contribution in [1.29, 1.82) is 0 Å². The molecular formula is C15H15N3O6S. The number of anilines is 1. The van der Waals surface area contributed by atoms with E-state index < -0.39 is 20.9 Å². The van der Waals surface area contributed by atoms with Crippen molar-refractivity contribution in [3.05, 3.63) is 58.1 Å². The second-order valence-corrected chi connectivity index (χ2v) is 6.67. The molecule has 0 fully saturated rings. The lowest BCUT2D eigenvalue weighted by Crippen LogP contribution is -2.20. The van der Waals surface area contributed by atoms with Crippen LogP contribution in [0.1, 0.15) is 5.56 Å². The topological polar surface area (TPSA) is 142 Å². The van der Waals surface area contributed by atoms with Crippen molar-refractivity contribution >= 4 is 27.3 Å². The molecule has 9 nitrogen and oxygen atoms in total. The van der Waals surface area contributed by atoms with Gasteiger partial charge in [-0.3, -0.25) is 14.9 Å². The Morgan fingerprint density at radius 1 is 1.24 bits per heavy atom. The molecule has 0 bridgehead atoms. The lowest BCUT2D eigenvalue weighted by atomic mass is 10.2. The summed E-state index contributed by atoms with van der Waals surface area (Å²) in [5, 5.41) is 18.3. The number of nitro groups is 1. The van der Waals surface area contributed by atoms with E-state index in [1.165, 1.54) is 42.5 Å². The van der Waals surface area contributed by atoms with Gasteiger partial charge in [0.25, 0.3) is 11.6 Å². The number of hydrogen-bond donors (Lipinski definition) is 2. The van der Waals surface area contributed by atoms with Gasteiger partial charge in [0.05, 0.1) is 9.82 Å². The Morgan fingerprint density at radius 3 is 2.40 bits per heavy atom. The van der Waals surface area contributed by atoms with Gasteiger partial charge in [0, 0.05) is 17.3 Å². The monoisotopic (exact) mass is 365 g/mol. The number of carbonyl (C=O) groups excluding carboxylic acids is 1. The Bertz CT molecular complexity index is 909. The van der Waals surface area contributed by atoms with Crippen LogP contribution in [0.3, 0.4) is 0 Å². The molecule has 0 saturated heterocycles. The van der Waals surface area contributed by atoms with Crippen LogP contribution in [0.15, 0.2) is 47.4 Å². The largest absolute Gasteiger partial charge is 0.484 e. The first-order valence-electron chi connectivity index (χ1n) is 6.97. The molecule has 0 unspecified atom stereocenters. The van der Waals surface area contributed by atoms with Gasteiger partial charge in [0.2, 0.25) is 10.0 Å². The molecular weight excluding hydrogens is 350 g/mol. The highest BCUT2D eigenvalue weighted by Gasteiger charge is 2.12. The number of benzene rings is 2. The Balaban J connectivity index is 1.95. The van der Waals surface area contributed by atoms with Crippen LogP contribution in [-0.2, 0) is 14.8 Å². The van der Waals surface area contributed by atoms with Crippen molar-refractivity contribution in [3.8, 4) is 5.75 Å². The molecule has 0 spiro atoms. The SMILES string of the molecule is Cc1cc(OCC(=O)Nc2ccc(S(N)(=O)=O)cc2)ccc1[N+](=O)[O-]. The minimum atomic E-state index is -3.79. The number of carbonyl (C=O) groups is 1. The summed E-state index contributed by atoms with van der Waals surface area (Å²) in [6.07, 6.45) is 0. The number of nitrogens with zero attached hydrogens (tertiary/aromatic N) is 1. The van der Waals surface area contributed by atoms with Gasteiger partial charge in [-0.1, -0.05) is 0 Å². The van der Waals surface area contributed by atoms with E-state index in [-0.39, 0.29) is 17.2 Å². The molecule has 3 N–H and O–H groups in total. The van der Waals surface area contributed by atoms with Crippen LogP contribution in [-0.4, -0.2) is 25.9 Å². The smallest absolute Gasteiger partial charge is 0.272 e. The van der Waals surface area contributed by atoms with Gasteiger partial charge in [-0.2, -0.15) is 0 Å². The zero-order chi connectivity index (χ0) is 18.6. The highest BCUT2D eigenvalue weighted by Crippen LogP contribution is 2.23. The molecule has 2 aromatic carbocycles. The Kier molecular flexibility index (Phi) is 5.35. The number of amides is 1. The van der Waals surface area contributed by atoms with Gasteiger partial charge < -0.3 is 10.1 Å². The summed E-state index contributed by atoms with van der Waals surface area (Å²) in [5.74, 6) is -0.151. The van der Waals surface area contributed by atoms with Crippen LogP contribution in [0.4, 0.5) is 11.4 Å². The molecule has 0 aliphatic heterocycles. The summed E-state index contributed by atoms with van der Waals surface area (Å²) in [4.78, 5) is 22.0. The van der Waals surface area contributed by atoms with Crippen molar-refractivity contribution in [3.63, 3.8) is 0 Å². The molecule has 0 aliphatic carbocycles. The zero-order valence-corrected chi connectivity index (χ0v) is 13.9. The van der Waals surface area contributed by atoms with Gasteiger partial charge in [-0.15, -0.1) is 0 Å². The molecule has 2 aromatic rings. The standard InChI is InChI=1S/C15H15N3O6S/c1-10-8-12(4-7-14(10)18(20)21)24-9-15(19)17-11-2-5-13(6-3-11)25(16,22)23/h2-8H,9H2,1H3,(H,17,19)(H2,16,22,23). The van der Waals surface area contributed by atoms with Gasteiger partial charge in [-0.05, 0) is 43.3 Å². The van der Waals surface area contributed by atoms with Crippen LogP contribution in [0.2, 0.25) is 0 Å². The fraction of sp³-hybridized carbons (Fsp3) is 0.133. The molecule has 2 rings (SSSR count). The van der Waals surface area contributed by atoms with Gasteiger partial charge in [0.1, 0.15) is 5.75 Å². The Morgan fingerprint density at radius 2 is 1.88 bits per heavy atom. The summed E-state index contributed by atoms with van der Waals surface area (Å²) in [6.45, 7) is 1.26. The molecule has 0 atom stereocenters. The fourth-order valence-corrected chi connectivity index (χ4v) is 2.51. The van der Waals surface area contributed by atoms with Crippen LogP contribution >= 0.6 is 0 Å². The van der Waals surface area contributed by atoms with E-state index >= 15 is 0 Å². The highest BCUT2D eigenvalue weighted by molar-refractivity contribution is 7.89. The quantitative estimate of drug-likeness (QED) is 0.588. The van der Waals surface area contributed by atoms with E-state index in [9.17, 15) is 23.3 Å². The van der Waals surface area contributed by atoms with E-state index in [0.717, 1.165) is 0 Å². The number of sulfonamides is 1. The summed E-state index contributed by atoms with van der Waals surface area (Å²) in [5.41, 5.74) is 0.758. The number of rotatable bonds is 6. The van der Waals surface area contributed by atoms with Crippen LogP contribution in [0.25, 0.3) is 0 Å². The van der Waals surface area contributed by atoms with Crippen LogP contribution in [0, 0.1) is 17.0 Å². The highest BCUT2D eigenvalue weighted by atomic mass is 32.2. The number of hydrogen-bond acceptors (Lipinski definition) is 6. The average molecular weight is 365 g/mol. The molecule has 132 valence electrons. The molecule has 1 amide bonds. The van der Waals surface area contributed by atoms with Crippen LogP contribution in [0.5, 0.6) is 5.75 Å². The lowest BCUT2D eigenvalue weighted by molar-refractivity contribution is -0.385. The second kappa shape index (κ2) is 7.28. The minimum Gasteiger partial charge on any atom is -0.484 e. The number of ether oxygens (including phenoxy) is 1.